The highest BCUT2D eigenvalue weighted by molar-refractivity contribution is 6.20. The maximum absolute atomic E-state index is 12.0. The normalized spacial score (nSPS) is 22.8. The minimum absolute atomic E-state index is 0.0955. The van der Waals surface area contributed by atoms with Crippen LogP contribution in [0.5, 0.6) is 0 Å². The molecule has 106 valence electrons. The van der Waals surface area contributed by atoms with Crippen LogP contribution in [0.15, 0.2) is 24.3 Å². The fourth-order valence-corrected chi connectivity index (χ4v) is 2.71. The first-order chi connectivity index (χ1) is 9.40. The third-order valence-electron chi connectivity index (χ3n) is 3.83. The molecule has 0 spiro atoms. The van der Waals surface area contributed by atoms with E-state index < -0.39 is 5.92 Å². The summed E-state index contributed by atoms with van der Waals surface area (Å²) in [6, 6.07) is 7.85. The van der Waals surface area contributed by atoms with Crippen LogP contribution in [-0.4, -0.2) is 31.4 Å². The van der Waals surface area contributed by atoms with Gasteiger partial charge >= 0.3 is 0 Å². The second kappa shape index (κ2) is 5.57. The van der Waals surface area contributed by atoms with Gasteiger partial charge in [-0.3, -0.25) is 14.4 Å². The molecular weight excluding hydrogens is 254 g/mol. The Morgan fingerprint density at radius 2 is 1.55 bits per heavy atom. The van der Waals surface area contributed by atoms with Gasteiger partial charge in [0.1, 0.15) is 11.7 Å². The Bertz CT molecular complexity index is 527. The van der Waals surface area contributed by atoms with Gasteiger partial charge < -0.3 is 4.90 Å². The molecule has 0 saturated heterocycles. The molecule has 0 radical (unpaired) electrons. The number of anilines is 1. The van der Waals surface area contributed by atoms with Crippen molar-refractivity contribution < 1.29 is 14.4 Å². The molecule has 0 amide bonds. The number of carbonyl (C=O) groups excluding carboxylic acids is 3. The van der Waals surface area contributed by atoms with Gasteiger partial charge in [0.05, 0.1) is 0 Å². The average Bonchev–Trinajstić information content (AvgIpc) is 2.37. The van der Waals surface area contributed by atoms with Crippen molar-refractivity contribution in [2.45, 2.75) is 25.7 Å². The molecule has 0 atom stereocenters. The van der Waals surface area contributed by atoms with Crippen molar-refractivity contribution in [2.24, 2.45) is 5.92 Å². The SMILES string of the molecule is CC(=O)C1C(=O)CC(c2ccc(N(C)C)cc2)CC1=O. The molecule has 20 heavy (non-hydrogen) atoms. The molecule has 1 fully saturated rings. The molecule has 4 nitrogen and oxygen atoms in total. The molecule has 0 aromatic heterocycles. The maximum atomic E-state index is 12.0. The first kappa shape index (κ1) is 14.4. The predicted molar refractivity (Wildman–Crippen MR) is 76.9 cm³/mol. The molecule has 0 unspecified atom stereocenters. The smallest absolute Gasteiger partial charge is 0.151 e. The highest BCUT2D eigenvalue weighted by Gasteiger charge is 2.38. The summed E-state index contributed by atoms with van der Waals surface area (Å²) in [6.07, 6.45) is 0.550. The summed E-state index contributed by atoms with van der Waals surface area (Å²) in [5.41, 5.74) is 2.06. The van der Waals surface area contributed by atoms with Gasteiger partial charge in [-0.2, -0.15) is 0 Å². The number of hydrogen-bond acceptors (Lipinski definition) is 4. The van der Waals surface area contributed by atoms with E-state index in [0.717, 1.165) is 11.3 Å². The lowest BCUT2D eigenvalue weighted by atomic mass is 9.75. The molecule has 1 saturated carbocycles. The summed E-state index contributed by atoms with van der Waals surface area (Å²) in [7, 11) is 3.92. The number of benzene rings is 1. The molecule has 0 heterocycles. The summed E-state index contributed by atoms with van der Waals surface area (Å²) < 4.78 is 0. The zero-order valence-electron chi connectivity index (χ0n) is 12.1. The second-order valence-corrected chi connectivity index (χ2v) is 5.57. The van der Waals surface area contributed by atoms with Crippen LogP contribution in [0.4, 0.5) is 5.69 Å². The van der Waals surface area contributed by atoms with E-state index in [1.807, 2.05) is 43.3 Å². The molecule has 0 bridgehead atoms. The Kier molecular flexibility index (Phi) is 4.02. The third-order valence-corrected chi connectivity index (χ3v) is 3.83. The molecule has 1 aliphatic carbocycles. The van der Waals surface area contributed by atoms with E-state index >= 15 is 0 Å². The van der Waals surface area contributed by atoms with Crippen molar-refractivity contribution in [3.8, 4) is 0 Å². The van der Waals surface area contributed by atoms with Gasteiger partial charge in [0.25, 0.3) is 0 Å². The van der Waals surface area contributed by atoms with Gasteiger partial charge in [-0.05, 0) is 30.5 Å². The first-order valence-corrected chi connectivity index (χ1v) is 6.73. The van der Waals surface area contributed by atoms with Crippen LogP contribution < -0.4 is 4.90 Å². The number of hydrogen-bond donors (Lipinski definition) is 0. The quantitative estimate of drug-likeness (QED) is 0.790. The second-order valence-electron chi connectivity index (χ2n) is 5.57. The number of Topliss-reactive ketones (excluding diaryl/α,β-unsaturated/α-hetero) is 3. The van der Waals surface area contributed by atoms with Crippen LogP contribution in [-0.2, 0) is 14.4 Å². The lowest BCUT2D eigenvalue weighted by Gasteiger charge is -2.25. The molecule has 0 aliphatic heterocycles. The molecule has 1 aromatic rings. The van der Waals surface area contributed by atoms with Crippen LogP contribution >= 0.6 is 0 Å². The van der Waals surface area contributed by atoms with Crippen LogP contribution in [0.25, 0.3) is 0 Å². The summed E-state index contributed by atoms with van der Waals surface area (Å²) in [6.45, 7) is 1.31. The maximum Gasteiger partial charge on any atom is 0.151 e. The van der Waals surface area contributed by atoms with Gasteiger partial charge in [0.2, 0.25) is 0 Å². The number of ketones is 3. The zero-order chi connectivity index (χ0) is 14.9. The Morgan fingerprint density at radius 3 is 1.95 bits per heavy atom. The lowest BCUT2D eigenvalue weighted by molar-refractivity contribution is -0.141. The fraction of sp³-hybridized carbons (Fsp3) is 0.438. The van der Waals surface area contributed by atoms with E-state index in [1.54, 1.807) is 0 Å². The zero-order valence-corrected chi connectivity index (χ0v) is 12.1. The minimum Gasteiger partial charge on any atom is -0.378 e. The molecule has 4 heteroatoms. The Morgan fingerprint density at radius 1 is 1.05 bits per heavy atom. The Hall–Kier alpha value is -1.97. The van der Waals surface area contributed by atoms with Gasteiger partial charge in [-0.1, -0.05) is 12.1 Å². The van der Waals surface area contributed by atoms with Gasteiger partial charge in [-0.15, -0.1) is 0 Å². The molecule has 1 aromatic carbocycles. The van der Waals surface area contributed by atoms with Gasteiger partial charge in [-0.25, -0.2) is 0 Å². The summed E-state index contributed by atoms with van der Waals surface area (Å²) in [5, 5.41) is 0. The summed E-state index contributed by atoms with van der Waals surface area (Å²) in [5.74, 6) is -1.93. The van der Waals surface area contributed by atoms with Crippen molar-refractivity contribution >= 4 is 23.0 Å². The Balaban J connectivity index is 2.17. The van der Waals surface area contributed by atoms with Crippen molar-refractivity contribution in [2.75, 3.05) is 19.0 Å². The fourth-order valence-electron chi connectivity index (χ4n) is 2.71. The van der Waals surface area contributed by atoms with E-state index in [-0.39, 0.29) is 36.1 Å². The van der Waals surface area contributed by atoms with Gasteiger partial charge in [0, 0.05) is 32.6 Å². The van der Waals surface area contributed by atoms with E-state index in [4.69, 9.17) is 0 Å². The van der Waals surface area contributed by atoms with Crippen molar-refractivity contribution in [3.63, 3.8) is 0 Å². The van der Waals surface area contributed by atoms with E-state index in [9.17, 15) is 14.4 Å². The standard InChI is InChI=1S/C16H19NO3/c1-10(18)16-14(19)8-12(9-15(16)20)11-4-6-13(7-5-11)17(2)3/h4-7,12,16H,8-9H2,1-3H3. The number of rotatable bonds is 3. The Labute approximate surface area is 118 Å². The lowest BCUT2D eigenvalue weighted by Crippen LogP contribution is -2.36. The predicted octanol–water partition coefficient (Wildman–Crippen LogP) is 1.97. The summed E-state index contributed by atoms with van der Waals surface area (Å²) in [4.78, 5) is 37.2. The van der Waals surface area contributed by atoms with Crippen LogP contribution in [0.1, 0.15) is 31.2 Å². The largest absolute Gasteiger partial charge is 0.378 e. The molecule has 0 N–H and O–H groups in total. The molecule has 2 rings (SSSR count). The number of carbonyl (C=O) groups is 3. The minimum atomic E-state index is -1.02. The van der Waals surface area contributed by atoms with Crippen LogP contribution in [0.2, 0.25) is 0 Å². The third kappa shape index (κ3) is 2.79. The van der Waals surface area contributed by atoms with E-state index in [1.165, 1.54) is 6.92 Å². The van der Waals surface area contributed by atoms with Crippen LogP contribution in [0.3, 0.4) is 0 Å². The molecular formula is C16H19NO3. The van der Waals surface area contributed by atoms with Crippen molar-refractivity contribution in [3.05, 3.63) is 29.8 Å². The topological polar surface area (TPSA) is 54.5 Å². The van der Waals surface area contributed by atoms with E-state index in [2.05, 4.69) is 0 Å². The average molecular weight is 273 g/mol. The summed E-state index contributed by atoms with van der Waals surface area (Å²) >= 11 is 0. The van der Waals surface area contributed by atoms with E-state index in [0.29, 0.717) is 0 Å². The molecule has 1 aliphatic rings. The number of nitrogens with zero attached hydrogens (tertiary/aromatic N) is 1. The first-order valence-electron chi connectivity index (χ1n) is 6.73. The van der Waals surface area contributed by atoms with Gasteiger partial charge in [0.15, 0.2) is 11.6 Å². The van der Waals surface area contributed by atoms with Crippen LogP contribution in [0, 0.1) is 5.92 Å². The van der Waals surface area contributed by atoms with Crippen molar-refractivity contribution in [1.29, 1.82) is 0 Å². The monoisotopic (exact) mass is 273 g/mol. The van der Waals surface area contributed by atoms with Crippen molar-refractivity contribution in [1.82, 2.24) is 0 Å². The highest BCUT2D eigenvalue weighted by Crippen LogP contribution is 2.32. The highest BCUT2D eigenvalue weighted by atomic mass is 16.2.